The van der Waals surface area contributed by atoms with E-state index in [2.05, 4.69) is 16.9 Å². The van der Waals surface area contributed by atoms with Crippen LogP contribution in [0.2, 0.25) is 0 Å². The van der Waals surface area contributed by atoms with Gasteiger partial charge in [-0.2, -0.15) is 8.42 Å². The van der Waals surface area contributed by atoms with E-state index in [1.807, 2.05) is 0 Å². The molecule has 2 rings (SSSR count). The molecular formula is C23H39N2NaO3S. The average molecular weight is 447 g/mol. The fourth-order valence-electron chi connectivity index (χ4n) is 3.81. The van der Waals surface area contributed by atoms with Crippen molar-refractivity contribution in [2.75, 3.05) is 0 Å². The van der Waals surface area contributed by atoms with Gasteiger partial charge in [0.25, 0.3) is 10.1 Å². The van der Waals surface area contributed by atoms with Crippen LogP contribution in [0.3, 0.4) is 0 Å². The van der Waals surface area contributed by atoms with E-state index in [0.29, 0.717) is 5.52 Å². The molecular weight excluding hydrogens is 407 g/mol. The van der Waals surface area contributed by atoms with Crippen LogP contribution in [-0.4, -0.2) is 22.9 Å². The molecule has 0 aliphatic carbocycles. The molecule has 0 amide bonds. The van der Waals surface area contributed by atoms with Crippen LogP contribution in [0.5, 0.6) is 0 Å². The van der Waals surface area contributed by atoms with E-state index in [1.54, 1.807) is 6.07 Å². The van der Waals surface area contributed by atoms with Crippen LogP contribution in [0.15, 0.2) is 23.1 Å². The van der Waals surface area contributed by atoms with Crippen molar-refractivity contribution in [1.29, 1.82) is 0 Å². The molecule has 2 aromatic rings. The molecule has 0 unspecified atom stereocenters. The fourth-order valence-corrected chi connectivity index (χ4v) is 4.31. The largest absolute Gasteiger partial charge is 1.00 e. The van der Waals surface area contributed by atoms with Gasteiger partial charge in [-0.1, -0.05) is 90.4 Å². The maximum atomic E-state index is 11.2. The number of aromatic nitrogens is 2. The van der Waals surface area contributed by atoms with E-state index in [9.17, 15) is 8.42 Å². The van der Waals surface area contributed by atoms with Crippen LogP contribution >= 0.6 is 0 Å². The van der Waals surface area contributed by atoms with Crippen molar-refractivity contribution < 1.29 is 44.0 Å². The van der Waals surface area contributed by atoms with Crippen molar-refractivity contribution in [3.8, 4) is 0 Å². The number of unbranched alkanes of at least 4 members (excludes halogenated alkanes) is 13. The van der Waals surface area contributed by atoms with Crippen LogP contribution in [-0.2, 0) is 16.5 Å². The molecule has 0 atom stereocenters. The molecule has 1 heterocycles. The standard InChI is InChI=1S/C23H38N2O3S.Na.H/c1-2-3-4-5-6-7-8-9-10-11-12-13-14-15-16-23-24-21-18-17-20(29(26,27)28)19-22(21)25-23;;/h17-19H,2-16H2,1H3,(H,24,25)(H,26,27,28);;/q;+1;-1. The fraction of sp³-hybridized carbons (Fsp3) is 0.696. The molecule has 0 radical (unpaired) electrons. The number of rotatable bonds is 16. The first-order valence-electron chi connectivity index (χ1n) is 11.5. The third-order valence-electron chi connectivity index (χ3n) is 5.57. The van der Waals surface area contributed by atoms with Gasteiger partial charge in [0, 0.05) is 6.42 Å². The number of fused-ring (bicyclic) bond motifs is 1. The smallest absolute Gasteiger partial charge is 1.00 e. The van der Waals surface area contributed by atoms with Crippen molar-refractivity contribution in [2.45, 2.75) is 108 Å². The summed E-state index contributed by atoms with van der Waals surface area (Å²) < 4.78 is 31.6. The third kappa shape index (κ3) is 10.8. The first-order chi connectivity index (χ1) is 14.0. The minimum absolute atomic E-state index is 0. The zero-order chi connectivity index (χ0) is 21.0. The maximum absolute atomic E-state index is 11.2. The number of aromatic amines is 1. The molecule has 0 aliphatic rings. The summed E-state index contributed by atoms with van der Waals surface area (Å²) in [5.41, 5.74) is 1.39. The summed E-state index contributed by atoms with van der Waals surface area (Å²) in [6.07, 6.45) is 19.6. The Balaban J connectivity index is 0.00000450. The van der Waals surface area contributed by atoms with Gasteiger partial charge in [0.05, 0.1) is 15.9 Å². The summed E-state index contributed by atoms with van der Waals surface area (Å²) in [4.78, 5) is 7.57. The van der Waals surface area contributed by atoms with Gasteiger partial charge < -0.3 is 6.41 Å². The van der Waals surface area contributed by atoms with Crippen LogP contribution in [0, 0.1) is 0 Å². The third-order valence-corrected chi connectivity index (χ3v) is 6.42. The predicted octanol–water partition coefficient (Wildman–Crippen LogP) is 3.95. The molecule has 2 N–H and O–H groups in total. The monoisotopic (exact) mass is 446 g/mol. The van der Waals surface area contributed by atoms with Gasteiger partial charge >= 0.3 is 29.6 Å². The van der Waals surface area contributed by atoms with Crippen LogP contribution in [0.1, 0.15) is 104 Å². The predicted molar refractivity (Wildman–Crippen MR) is 121 cm³/mol. The van der Waals surface area contributed by atoms with Gasteiger partial charge in [-0.3, -0.25) is 4.55 Å². The average Bonchev–Trinajstić information content (AvgIpc) is 3.09. The molecule has 1 aromatic heterocycles. The molecule has 166 valence electrons. The number of aryl methyl sites for hydroxylation is 1. The second kappa shape index (κ2) is 15.4. The zero-order valence-corrected chi connectivity index (χ0v) is 21.8. The van der Waals surface area contributed by atoms with Crippen molar-refractivity contribution in [3.63, 3.8) is 0 Å². The Morgan fingerprint density at radius 2 is 1.37 bits per heavy atom. The molecule has 0 aliphatic heterocycles. The summed E-state index contributed by atoms with van der Waals surface area (Å²) in [5.74, 6) is 0.881. The Morgan fingerprint density at radius 1 is 0.867 bits per heavy atom. The molecule has 0 saturated carbocycles. The van der Waals surface area contributed by atoms with E-state index in [4.69, 9.17) is 4.55 Å². The number of imidazole rings is 1. The Kier molecular flexibility index (Phi) is 14.2. The second-order valence-corrected chi connectivity index (χ2v) is 9.61. The number of benzene rings is 1. The zero-order valence-electron chi connectivity index (χ0n) is 20.0. The normalized spacial score (nSPS) is 11.7. The van der Waals surface area contributed by atoms with E-state index in [-0.39, 0.29) is 35.9 Å². The number of nitrogens with zero attached hydrogens (tertiary/aromatic N) is 1. The topological polar surface area (TPSA) is 83.1 Å². The quantitative estimate of drug-likeness (QED) is 0.232. The second-order valence-electron chi connectivity index (χ2n) is 8.18. The van der Waals surface area contributed by atoms with Gasteiger partial charge in [0.2, 0.25) is 0 Å². The van der Waals surface area contributed by atoms with E-state index in [1.165, 1.54) is 95.6 Å². The molecule has 0 bridgehead atoms. The molecule has 0 fully saturated rings. The van der Waals surface area contributed by atoms with Gasteiger partial charge in [-0.05, 0) is 24.6 Å². The van der Waals surface area contributed by atoms with Gasteiger partial charge in [-0.15, -0.1) is 0 Å². The van der Waals surface area contributed by atoms with Crippen molar-refractivity contribution in [3.05, 3.63) is 24.0 Å². The van der Waals surface area contributed by atoms with Gasteiger partial charge in [0.1, 0.15) is 5.82 Å². The van der Waals surface area contributed by atoms with E-state index >= 15 is 0 Å². The van der Waals surface area contributed by atoms with Crippen LogP contribution < -0.4 is 29.6 Å². The molecule has 7 heteroatoms. The first kappa shape index (κ1) is 27.6. The first-order valence-corrected chi connectivity index (χ1v) is 12.9. The minimum atomic E-state index is -4.18. The Hall–Kier alpha value is -0.400. The Bertz CT molecular complexity index is 827. The Labute approximate surface area is 206 Å². The van der Waals surface area contributed by atoms with Crippen molar-refractivity contribution in [2.24, 2.45) is 0 Å². The number of H-pyrrole nitrogens is 1. The molecule has 0 spiro atoms. The number of nitrogens with one attached hydrogen (secondary N) is 1. The van der Waals surface area contributed by atoms with Gasteiger partial charge in [0.15, 0.2) is 0 Å². The van der Waals surface area contributed by atoms with Crippen molar-refractivity contribution in [1.82, 2.24) is 9.97 Å². The van der Waals surface area contributed by atoms with Crippen molar-refractivity contribution >= 4 is 21.2 Å². The number of hydrogen-bond donors (Lipinski definition) is 2. The molecule has 1 aromatic carbocycles. The van der Waals surface area contributed by atoms with Gasteiger partial charge in [-0.25, -0.2) is 4.98 Å². The number of hydrogen-bond acceptors (Lipinski definition) is 3. The summed E-state index contributed by atoms with van der Waals surface area (Å²) >= 11 is 0. The molecule has 30 heavy (non-hydrogen) atoms. The maximum Gasteiger partial charge on any atom is 1.00 e. The van der Waals surface area contributed by atoms with E-state index < -0.39 is 10.1 Å². The molecule has 5 nitrogen and oxygen atoms in total. The summed E-state index contributed by atoms with van der Waals surface area (Å²) in [7, 11) is -4.18. The summed E-state index contributed by atoms with van der Waals surface area (Å²) in [6, 6.07) is 4.45. The molecule has 0 saturated heterocycles. The van der Waals surface area contributed by atoms with E-state index in [0.717, 1.165) is 24.2 Å². The summed E-state index contributed by atoms with van der Waals surface area (Å²) in [5, 5.41) is 0. The SMILES string of the molecule is CCCCCCCCCCCCCCCCc1nc2ccc(S(=O)(=O)O)cc2[nH]1.[H-].[Na+]. The van der Waals surface area contributed by atoms with Crippen LogP contribution in [0.25, 0.3) is 11.0 Å². The minimum Gasteiger partial charge on any atom is -1.00 e. The summed E-state index contributed by atoms with van der Waals surface area (Å²) in [6.45, 7) is 2.27. The van der Waals surface area contributed by atoms with Crippen LogP contribution in [0.4, 0.5) is 0 Å². The Morgan fingerprint density at radius 3 is 1.87 bits per heavy atom.